The van der Waals surface area contributed by atoms with Crippen LogP contribution in [0.1, 0.15) is 11.5 Å². The molecule has 2 aromatic carbocycles. The van der Waals surface area contributed by atoms with E-state index in [2.05, 4.69) is 25.8 Å². The van der Waals surface area contributed by atoms with Crippen molar-refractivity contribution in [2.24, 2.45) is 10.2 Å². The molecule has 0 spiro atoms. The van der Waals surface area contributed by atoms with Gasteiger partial charge in [0.05, 0.1) is 22.3 Å². The Morgan fingerprint density at radius 3 is 1.93 bits per heavy atom. The van der Waals surface area contributed by atoms with Gasteiger partial charge in [-0.15, -0.1) is 10.2 Å². The van der Waals surface area contributed by atoms with Gasteiger partial charge >= 0.3 is 0 Å². The minimum atomic E-state index is -0.571. The fraction of sp³-hybridized carbons (Fsp3) is 0. The largest absolute Gasteiger partial charge is 0.455 e. The third kappa shape index (κ3) is 5.72. The highest BCUT2D eigenvalue weighted by Crippen LogP contribution is 2.32. The Kier molecular flexibility index (Phi) is 7.35. The molecule has 5 rings (SSSR count). The molecule has 1 N–H and O–H groups in total. The third-order valence-electron chi connectivity index (χ3n) is 5.30. The smallest absolute Gasteiger partial charge is 0.288 e. The number of hydrogen-bond acceptors (Lipinski definition) is 11. The van der Waals surface area contributed by atoms with E-state index in [1.807, 2.05) is 0 Å². The van der Waals surface area contributed by atoms with Gasteiger partial charge in [0.2, 0.25) is 0 Å². The van der Waals surface area contributed by atoms with E-state index in [1.165, 1.54) is 47.7 Å². The first kappa shape index (κ1) is 26.3. The van der Waals surface area contributed by atoms with Crippen molar-refractivity contribution in [2.45, 2.75) is 0 Å². The minimum absolute atomic E-state index is 0.0257. The van der Waals surface area contributed by atoms with Crippen LogP contribution in [0.5, 0.6) is 0 Å². The Bertz CT molecular complexity index is 1790. The molecule has 0 unspecified atom stereocenters. The van der Waals surface area contributed by atoms with Crippen LogP contribution in [0.15, 0.2) is 86.0 Å². The van der Waals surface area contributed by atoms with E-state index in [0.717, 1.165) is 0 Å². The van der Waals surface area contributed by atoms with Gasteiger partial charge in [-0.3, -0.25) is 20.2 Å². The van der Waals surface area contributed by atoms with E-state index < -0.39 is 9.85 Å². The van der Waals surface area contributed by atoms with Crippen molar-refractivity contribution >= 4 is 53.0 Å². The number of nitro benzene ring substituents is 2. The molecule has 200 valence electrons. The lowest BCUT2D eigenvalue weighted by Crippen LogP contribution is -1.98. The average Bonchev–Trinajstić information content (AvgIpc) is 3.69. The van der Waals surface area contributed by atoms with Gasteiger partial charge in [-0.1, -0.05) is 23.2 Å². The molecule has 40 heavy (non-hydrogen) atoms. The molecule has 0 radical (unpaired) electrons. The molecule has 0 aliphatic heterocycles. The summed E-state index contributed by atoms with van der Waals surface area (Å²) in [6.07, 6.45) is 4.11. The zero-order chi connectivity index (χ0) is 28.2. The van der Waals surface area contributed by atoms with Gasteiger partial charge < -0.3 is 8.83 Å². The van der Waals surface area contributed by atoms with Gasteiger partial charge in [-0.2, -0.15) is 14.9 Å². The lowest BCUT2D eigenvalue weighted by atomic mass is 10.1. The number of rotatable bonds is 9. The zero-order valence-corrected chi connectivity index (χ0v) is 21.4. The quantitative estimate of drug-likeness (QED) is 0.120. The molecular formula is C24H14Cl2N8O6. The monoisotopic (exact) mass is 580 g/mol. The molecule has 5 aromatic rings. The van der Waals surface area contributed by atoms with Gasteiger partial charge in [-0.05, 0) is 48.5 Å². The summed E-state index contributed by atoms with van der Waals surface area (Å²) < 4.78 is 12.7. The summed E-state index contributed by atoms with van der Waals surface area (Å²) in [5.41, 5.74) is 3.18. The molecule has 14 nitrogen and oxygen atoms in total. The fourth-order valence-electron chi connectivity index (χ4n) is 3.43. The Morgan fingerprint density at radius 2 is 1.38 bits per heavy atom. The number of hydrogen-bond donors (Lipinski definition) is 1. The maximum atomic E-state index is 11.1. The number of hydrazone groups is 1. The van der Waals surface area contributed by atoms with Crippen molar-refractivity contribution in [3.05, 3.63) is 109 Å². The highest BCUT2D eigenvalue weighted by atomic mass is 35.5. The van der Waals surface area contributed by atoms with Crippen LogP contribution in [-0.4, -0.2) is 37.1 Å². The molecule has 0 aliphatic carbocycles. The van der Waals surface area contributed by atoms with E-state index in [1.54, 1.807) is 36.4 Å². The average molecular weight is 581 g/mol. The normalized spacial score (nSPS) is 11.4. The first-order valence-corrected chi connectivity index (χ1v) is 11.9. The predicted octanol–water partition coefficient (Wildman–Crippen LogP) is 6.25. The van der Waals surface area contributed by atoms with E-state index in [9.17, 15) is 20.2 Å². The molecular weight excluding hydrogens is 567 g/mol. The number of anilines is 1. The lowest BCUT2D eigenvalue weighted by molar-refractivity contribution is -0.384. The number of benzene rings is 2. The van der Waals surface area contributed by atoms with Crippen LogP contribution < -0.4 is 5.43 Å². The fourth-order valence-corrected chi connectivity index (χ4v) is 3.80. The van der Waals surface area contributed by atoms with Gasteiger partial charge in [0.1, 0.15) is 39.4 Å². The minimum Gasteiger partial charge on any atom is -0.455 e. The van der Waals surface area contributed by atoms with Crippen molar-refractivity contribution in [1.29, 1.82) is 0 Å². The van der Waals surface area contributed by atoms with Crippen LogP contribution >= 0.6 is 23.2 Å². The highest BCUT2D eigenvalue weighted by Gasteiger charge is 2.16. The molecule has 0 saturated heterocycles. The molecule has 0 bridgehead atoms. The van der Waals surface area contributed by atoms with Crippen LogP contribution in [0, 0.1) is 20.2 Å². The van der Waals surface area contributed by atoms with Crippen molar-refractivity contribution < 1.29 is 18.7 Å². The van der Waals surface area contributed by atoms with E-state index in [4.69, 9.17) is 32.0 Å². The summed E-state index contributed by atoms with van der Waals surface area (Å²) >= 11 is 11.7. The Morgan fingerprint density at radius 1 is 0.825 bits per heavy atom. The number of nitrogens with zero attached hydrogens (tertiary/aromatic N) is 7. The third-order valence-corrected chi connectivity index (χ3v) is 5.94. The summed E-state index contributed by atoms with van der Waals surface area (Å²) in [5, 5.41) is 38.3. The van der Waals surface area contributed by atoms with Crippen LogP contribution in [0.25, 0.3) is 22.6 Å². The Labute approximate surface area is 233 Å². The van der Waals surface area contributed by atoms with Crippen LogP contribution in [0.3, 0.4) is 0 Å². The van der Waals surface area contributed by atoms with Crippen LogP contribution in [-0.2, 0) is 0 Å². The number of nitro groups is 2. The number of nitrogens with one attached hydrogen (secondary N) is 1. The Balaban J connectivity index is 1.25. The molecule has 0 aliphatic rings. The maximum Gasteiger partial charge on any atom is 0.288 e. The van der Waals surface area contributed by atoms with E-state index in [-0.39, 0.29) is 27.4 Å². The van der Waals surface area contributed by atoms with Gasteiger partial charge in [0, 0.05) is 23.3 Å². The molecule has 3 aromatic heterocycles. The zero-order valence-electron chi connectivity index (χ0n) is 19.8. The summed E-state index contributed by atoms with van der Waals surface area (Å²) in [7, 11) is 0. The van der Waals surface area contributed by atoms with Crippen molar-refractivity contribution in [1.82, 2.24) is 14.9 Å². The van der Waals surface area contributed by atoms with E-state index >= 15 is 0 Å². The van der Waals surface area contributed by atoms with Crippen molar-refractivity contribution in [3.8, 4) is 22.6 Å². The maximum absolute atomic E-state index is 11.1. The van der Waals surface area contributed by atoms with Gasteiger partial charge in [-0.25, -0.2) is 5.43 Å². The summed E-state index contributed by atoms with van der Waals surface area (Å²) in [6.45, 7) is 0. The first-order valence-electron chi connectivity index (χ1n) is 11.1. The molecule has 3 heterocycles. The number of halogens is 2. The summed E-state index contributed by atoms with van der Waals surface area (Å²) in [4.78, 5) is 21.1. The Hall–Kier alpha value is -5.34. The number of furan rings is 2. The second-order valence-electron chi connectivity index (χ2n) is 7.86. The van der Waals surface area contributed by atoms with E-state index in [0.29, 0.717) is 34.2 Å². The van der Waals surface area contributed by atoms with Gasteiger partial charge in [0.25, 0.3) is 17.3 Å². The van der Waals surface area contributed by atoms with Crippen LogP contribution in [0.4, 0.5) is 17.3 Å². The van der Waals surface area contributed by atoms with Crippen LogP contribution in [0.2, 0.25) is 10.0 Å². The molecule has 0 amide bonds. The van der Waals surface area contributed by atoms with Crippen molar-refractivity contribution in [3.63, 3.8) is 0 Å². The summed E-state index contributed by atoms with van der Waals surface area (Å²) in [6, 6.07) is 15.3. The second kappa shape index (κ2) is 11.2. The topological polar surface area (TPSA) is 180 Å². The second-order valence-corrected chi connectivity index (χ2v) is 8.68. The number of aromatic nitrogens is 3. The van der Waals surface area contributed by atoms with Gasteiger partial charge in [0.15, 0.2) is 0 Å². The molecule has 0 atom stereocenters. The first-order chi connectivity index (χ1) is 19.3. The SMILES string of the molecule is O=[N+]([O-])c1cc(-c2ccc(C=NNc3nncn3/N=C\c3ccc(-c4ccc(Cl)c([N+](=O)[O-])c4)o3)o2)ccc1Cl. The molecule has 0 saturated carbocycles. The molecule has 0 fully saturated rings. The predicted molar refractivity (Wildman–Crippen MR) is 146 cm³/mol. The molecule has 16 heteroatoms. The van der Waals surface area contributed by atoms with Crippen molar-refractivity contribution in [2.75, 3.05) is 5.43 Å². The lowest BCUT2D eigenvalue weighted by Gasteiger charge is -2.00. The standard InChI is InChI=1S/C24H14Cl2N8O6/c25-18-5-1-14(9-20(18)33(35)36)22-7-3-16(39-22)11-27-30-24-31-28-13-32(24)29-12-17-4-8-23(40-17)15-2-6-19(26)21(10-15)34(37)38/h1-13H,(H,30,31)/b27-11?,29-12-. The highest BCUT2D eigenvalue weighted by molar-refractivity contribution is 6.33. The summed E-state index contributed by atoms with van der Waals surface area (Å²) in [5.74, 6) is 1.67.